The summed E-state index contributed by atoms with van der Waals surface area (Å²) in [7, 11) is 0. The van der Waals surface area contributed by atoms with Gasteiger partial charge in [0, 0.05) is 6.07 Å². The molecule has 0 fully saturated rings. The lowest BCUT2D eigenvalue weighted by Gasteiger charge is -2.11. The van der Waals surface area contributed by atoms with Gasteiger partial charge in [-0.15, -0.1) is 0 Å². The fourth-order valence-corrected chi connectivity index (χ4v) is 1.82. The highest BCUT2D eigenvalue weighted by molar-refractivity contribution is 5.50. The monoisotopic (exact) mass is 254 g/mol. The smallest absolute Gasteiger partial charge is 0.275 e. The maximum Gasteiger partial charge on any atom is 0.275 e. The summed E-state index contributed by atoms with van der Waals surface area (Å²) < 4.78 is 0. The van der Waals surface area contributed by atoms with E-state index in [0.29, 0.717) is 5.56 Å². The fraction of sp³-hybridized carbons (Fsp3) is 0.0714. The molecule has 19 heavy (non-hydrogen) atoms. The molecule has 0 aliphatic heterocycles. The average molecular weight is 254 g/mol. The van der Waals surface area contributed by atoms with Crippen LogP contribution in [0, 0.1) is 21.4 Å². The van der Waals surface area contributed by atoms with E-state index in [-0.39, 0.29) is 16.8 Å². The topological polar surface area (TPSA) is 87.2 Å². The Balaban J connectivity index is 2.54. The van der Waals surface area contributed by atoms with E-state index in [2.05, 4.69) is 0 Å². The first kappa shape index (κ1) is 12.7. The van der Waals surface area contributed by atoms with Crippen LogP contribution in [0.15, 0.2) is 48.5 Å². The van der Waals surface area contributed by atoms with Gasteiger partial charge in [0.1, 0.15) is 6.10 Å². The molecular formula is C14H10N2O3. The number of aliphatic hydroxyl groups is 1. The van der Waals surface area contributed by atoms with Crippen molar-refractivity contribution in [2.45, 2.75) is 6.10 Å². The van der Waals surface area contributed by atoms with Gasteiger partial charge in [0.25, 0.3) is 5.69 Å². The van der Waals surface area contributed by atoms with E-state index in [9.17, 15) is 15.2 Å². The Labute approximate surface area is 109 Å². The van der Waals surface area contributed by atoms with Crippen LogP contribution in [0.25, 0.3) is 0 Å². The molecule has 0 amide bonds. The van der Waals surface area contributed by atoms with Crippen molar-refractivity contribution in [2.24, 2.45) is 0 Å². The molecule has 0 aliphatic rings. The number of rotatable bonds is 3. The summed E-state index contributed by atoms with van der Waals surface area (Å²) >= 11 is 0. The molecule has 0 saturated heterocycles. The summed E-state index contributed by atoms with van der Waals surface area (Å²) in [6.07, 6.45) is -1.13. The third kappa shape index (κ3) is 2.59. The van der Waals surface area contributed by atoms with Gasteiger partial charge in [-0.05, 0) is 17.7 Å². The highest BCUT2D eigenvalue weighted by Crippen LogP contribution is 2.30. The number of aliphatic hydroxyl groups excluding tert-OH is 1. The van der Waals surface area contributed by atoms with Gasteiger partial charge in [-0.2, -0.15) is 5.26 Å². The molecule has 1 unspecified atom stereocenters. The van der Waals surface area contributed by atoms with Gasteiger partial charge in [0.2, 0.25) is 0 Å². The minimum atomic E-state index is -1.13. The quantitative estimate of drug-likeness (QED) is 0.673. The Kier molecular flexibility index (Phi) is 3.55. The second-order valence-electron chi connectivity index (χ2n) is 3.96. The molecule has 0 radical (unpaired) electrons. The maximum absolute atomic E-state index is 11.0. The predicted molar refractivity (Wildman–Crippen MR) is 68.3 cm³/mol. The molecule has 94 valence electrons. The number of nitrogens with zero attached hydrogens (tertiary/aromatic N) is 2. The Morgan fingerprint density at radius 2 is 1.89 bits per heavy atom. The number of nitriles is 1. The number of hydrogen-bond donors (Lipinski definition) is 1. The first-order valence-electron chi connectivity index (χ1n) is 5.55. The summed E-state index contributed by atoms with van der Waals surface area (Å²) in [6, 6.07) is 14.5. The van der Waals surface area contributed by atoms with Crippen LogP contribution in [0.5, 0.6) is 0 Å². The Bertz CT molecular complexity index is 647. The fourth-order valence-electron chi connectivity index (χ4n) is 1.82. The van der Waals surface area contributed by atoms with Gasteiger partial charge in [-0.3, -0.25) is 10.1 Å². The summed E-state index contributed by atoms with van der Waals surface area (Å²) in [6.45, 7) is 0. The molecular weight excluding hydrogens is 244 g/mol. The number of nitro benzene ring substituents is 1. The van der Waals surface area contributed by atoms with Crippen LogP contribution in [0.3, 0.4) is 0 Å². The summed E-state index contributed by atoms with van der Waals surface area (Å²) in [4.78, 5) is 10.4. The SMILES string of the molecule is N#Cc1ccc([N+](=O)[O-])c(C(O)c2ccccc2)c1. The van der Waals surface area contributed by atoms with Gasteiger partial charge < -0.3 is 5.11 Å². The van der Waals surface area contributed by atoms with Crippen LogP contribution in [-0.4, -0.2) is 10.0 Å². The molecule has 0 spiro atoms. The summed E-state index contributed by atoms with van der Waals surface area (Å²) in [5.74, 6) is 0. The number of hydrogen-bond acceptors (Lipinski definition) is 4. The van der Waals surface area contributed by atoms with Crippen LogP contribution in [0.2, 0.25) is 0 Å². The molecule has 2 aromatic rings. The number of nitro groups is 1. The Morgan fingerprint density at radius 1 is 1.21 bits per heavy atom. The van der Waals surface area contributed by atoms with Gasteiger partial charge in [0.15, 0.2) is 0 Å². The summed E-state index contributed by atoms with van der Waals surface area (Å²) in [5, 5.41) is 30.0. The molecule has 5 nitrogen and oxygen atoms in total. The molecule has 0 bridgehead atoms. The lowest BCUT2D eigenvalue weighted by molar-refractivity contribution is -0.386. The maximum atomic E-state index is 11.0. The molecule has 0 saturated carbocycles. The van der Waals surface area contributed by atoms with Crippen molar-refractivity contribution in [1.82, 2.24) is 0 Å². The van der Waals surface area contributed by atoms with Crippen LogP contribution in [-0.2, 0) is 0 Å². The third-order valence-corrected chi connectivity index (χ3v) is 2.76. The molecule has 2 rings (SSSR count). The average Bonchev–Trinajstić information content (AvgIpc) is 2.46. The molecule has 0 heterocycles. The zero-order valence-electron chi connectivity index (χ0n) is 9.85. The number of benzene rings is 2. The highest BCUT2D eigenvalue weighted by Gasteiger charge is 2.22. The standard InChI is InChI=1S/C14H10N2O3/c15-9-10-6-7-13(16(18)19)12(8-10)14(17)11-4-2-1-3-5-11/h1-8,14,17H. The molecule has 5 heteroatoms. The molecule has 2 aromatic carbocycles. The zero-order valence-corrected chi connectivity index (χ0v) is 9.85. The normalized spacial score (nSPS) is 11.6. The van der Waals surface area contributed by atoms with E-state index < -0.39 is 11.0 Å². The van der Waals surface area contributed by atoms with Crippen molar-refractivity contribution >= 4 is 5.69 Å². The minimum Gasteiger partial charge on any atom is -0.383 e. The van der Waals surface area contributed by atoms with E-state index >= 15 is 0 Å². The van der Waals surface area contributed by atoms with Crippen molar-refractivity contribution in [1.29, 1.82) is 5.26 Å². The lowest BCUT2D eigenvalue weighted by Crippen LogP contribution is -2.04. The van der Waals surface area contributed by atoms with Gasteiger partial charge in [-0.1, -0.05) is 30.3 Å². The zero-order chi connectivity index (χ0) is 13.8. The Hall–Kier alpha value is -2.71. The second kappa shape index (κ2) is 5.29. The largest absolute Gasteiger partial charge is 0.383 e. The minimum absolute atomic E-state index is 0.121. The van der Waals surface area contributed by atoms with E-state index in [0.717, 1.165) is 0 Å². The van der Waals surface area contributed by atoms with Crippen molar-refractivity contribution in [3.63, 3.8) is 0 Å². The molecule has 1 atom stereocenters. The van der Waals surface area contributed by atoms with Gasteiger partial charge >= 0.3 is 0 Å². The van der Waals surface area contributed by atoms with Crippen molar-refractivity contribution < 1.29 is 10.0 Å². The van der Waals surface area contributed by atoms with Crippen molar-refractivity contribution in [3.05, 3.63) is 75.3 Å². The lowest BCUT2D eigenvalue weighted by atomic mass is 9.98. The van der Waals surface area contributed by atoms with Gasteiger partial charge in [0.05, 0.1) is 22.1 Å². The molecule has 1 N–H and O–H groups in total. The third-order valence-electron chi connectivity index (χ3n) is 2.76. The molecule has 0 aromatic heterocycles. The van der Waals surface area contributed by atoms with Gasteiger partial charge in [-0.25, -0.2) is 0 Å². The van der Waals surface area contributed by atoms with Crippen LogP contribution in [0.4, 0.5) is 5.69 Å². The van der Waals surface area contributed by atoms with Crippen LogP contribution in [0.1, 0.15) is 22.8 Å². The van der Waals surface area contributed by atoms with Crippen LogP contribution >= 0.6 is 0 Å². The van der Waals surface area contributed by atoms with E-state index in [1.54, 1.807) is 30.3 Å². The first-order chi connectivity index (χ1) is 9.13. The van der Waals surface area contributed by atoms with Crippen LogP contribution < -0.4 is 0 Å². The van der Waals surface area contributed by atoms with E-state index in [1.165, 1.54) is 18.2 Å². The molecule has 0 aliphatic carbocycles. The van der Waals surface area contributed by atoms with E-state index in [4.69, 9.17) is 5.26 Å². The van der Waals surface area contributed by atoms with Crippen molar-refractivity contribution in [2.75, 3.05) is 0 Å². The van der Waals surface area contributed by atoms with Crippen molar-refractivity contribution in [3.8, 4) is 6.07 Å². The Morgan fingerprint density at radius 3 is 2.47 bits per heavy atom. The highest BCUT2D eigenvalue weighted by atomic mass is 16.6. The second-order valence-corrected chi connectivity index (χ2v) is 3.96. The van der Waals surface area contributed by atoms with E-state index in [1.807, 2.05) is 6.07 Å². The summed E-state index contributed by atoms with van der Waals surface area (Å²) in [5.41, 5.74) is 0.738. The first-order valence-corrected chi connectivity index (χ1v) is 5.55. The predicted octanol–water partition coefficient (Wildman–Crippen LogP) is 2.55.